The molecular weight excluding hydrogens is 130 g/mol. The largest absolute Gasteiger partial charge is 0.385 e. The van der Waals surface area contributed by atoms with Crippen LogP contribution in [0.3, 0.4) is 0 Å². The first-order valence-corrected chi connectivity index (χ1v) is 3.54. The lowest BCUT2D eigenvalue weighted by atomic mass is 10.3. The lowest BCUT2D eigenvalue weighted by Crippen LogP contribution is -2.10. The molecule has 2 N–H and O–H groups in total. The van der Waals surface area contributed by atoms with E-state index in [-0.39, 0.29) is 5.91 Å². The third-order valence-corrected chi connectivity index (χ3v) is 0.772. The Labute approximate surface area is 62.5 Å². The number of ether oxygens (including phenoxy) is 1. The highest BCUT2D eigenvalue weighted by Crippen LogP contribution is 1.85. The highest BCUT2D eigenvalue weighted by molar-refractivity contribution is 5.73. The van der Waals surface area contributed by atoms with Gasteiger partial charge in [0, 0.05) is 20.1 Å². The second kappa shape index (κ2) is 11.3. The first-order valence-electron chi connectivity index (χ1n) is 3.54. The molecule has 0 bridgehead atoms. The zero-order valence-electron chi connectivity index (χ0n) is 7.02. The van der Waals surface area contributed by atoms with Crippen molar-refractivity contribution in [3.05, 3.63) is 0 Å². The Kier molecular flexibility index (Phi) is 13.7. The zero-order chi connectivity index (χ0) is 8.41. The number of nitrogens with two attached hydrogens (primary N) is 1. The van der Waals surface area contributed by atoms with E-state index < -0.39 is 0 Å². The predicted octanol–water partition coefficient (Wildman–Crippen LogP) is 0.924. The first kappa shape index (κ1) is 12.1. The Balaban J connectivity index is 0. The van der Waals surface area contributed by atoms with Crippen LogP contribution in [0.4, 0.5) is 0 Å². The average molecular weight is 147 g/mol. The van der Waals surface area contributed by atoms with Crippen LogP contribution in [0.15, 0.2) is 0 Å². The monoisotopic (exact) mass is 147 g/mol. The number of amides is 1. The SMILES string of the molecule is CC.COCCCC(N)=O. The molecule has 0 saturated carbocycles. The Bertz CT molecular complexity index is 74.0. The molecule has 0 atom stereocenters. The molecule has 10 heavy (non-hydrogen) atoms. The summed E-state index contributed by atoms with van der Waals surface area (Å²) in [6.07, 6.45) is 1.15. The van der Waals surface area contributed by atoms with Gasteiger partial charge in [-0.15, -0.1) is 0 Å². The van der Waals surface area contributed by atoms with Crippen molar-refractivity contribution in [3.63, 3.8) is 0 Å². The van der Waals surface area contributed by atoms with E-state index in [2.05, 4.69) is 4.74 Å². The number of primary amides is 1. The molecule has 0 rings (SSSR count). The molecule has 1 amide bonds. The molecule has 0 unspecified atom stereocenters. The lowest BCUT2D eigenvalue weighted by molar-refractivity contribution is -0.118. The summed E-state index contributed by atoms with van der Waals surface area (Å²) in [4.78, 5) is 10.0. The normalized spacial score (nSPS) is 7.90. The molecule has 62 valence electrons. The van der Waals surface area contributed by atoms with E-state index in [1.165, 1.54) is 0 Å². The zero-order valence-corrected chi connectivity index (χ0v) is 7.02. The highest BCUT2D eigenvalue weighted by atomic mass is 16.5. The molecule has 0 aliphatic heterocycles. The average Bonchev–Trinajstić information content (AvgIpc) is 1.92. The molecule has 0 aromatic heterocycles. The van der Waals surface area contributed by atoms with Crippen molar-refractivity contribution in [1.82, 2.24) is 0 Å². The Morgan fingerprint density at radius 3 is 2.30 bits per heavy atom. The molecule has 0 radical (unpaired) electrons. The standard InChI is InChI=1S/C5H11NO2.C2H6/c1-8-4-2-3-5(6)7;1-2/h2-4H2,1H3,(H2,6,7);1-2H3. The highest BCUT2D eigenvalue weighted by Gasteiger charge is 1.90. The molecule has 0 fully saturated rings. The van der Waals surface area contributed by atoms with Crippen molar-refractivity contribution in [2.24, 2.45) is 5.73 Å². The number of carbonyl (C=O) groups excluding carboxylic acids is 1. The number of rotatable bonds is 4. The van der Waals surface area contributed by atoms with Crippen LogP contribution in [0, 0.1) is 0 Å². The van der Waals surface area contributed by atoms with Crippen LogP contribution >= 0.6 is 0 Å². The molecule has 0 aromatic carbocycles. The molecule has 0 saturated heterocycles. The molecule has 3 nitrogen and oxygen atoms in total. The van der Waals surface area contributed by atoms with Gasteiger partial charge in [-0.25, -0.2) is 0 Å². The van der Waals surface area contributed by atoms with Gasteiger partial charge in [0.1, 0.15) is 0 Å². The van der Waals surface area contributed by atoms with Crippen LogP contribution in [0.5, 0.6) is 0 Å². The Morgan fingerprint density at radius 2 is 2.00 bits per heavy atom. The number of hydrogen-bond donors (Lipinski definition) is 1. The van der Waals surface area contributed by atoms with Gasteiger partial charge in [0.25, 0.3) is 0 Å². The molecule has 0 aromatic rings. The van der Waals surface area contributed by atoms with Gasteiger partial charge in [0.2, 0.25) is 5.91 Å². The maximum atomic E-state index is 10.0. The molecule has 0 aliphatic rings. The second-order valence-corrected chi connectivity index (χ2v) is 1.56. The van der Waals surface area contributed by atoms with Crippen LogP contribution in [-0.4, -0.2) is 19.6 Å². The summed E-state index contributed by atoms with van der Waals surface area (Å²) < 4.78 is 4.68. The van der Waals surface area contributed by atoms with Crippen molar-refractivity contribution >= 4 is 5.91 Å². The fourth-order valence-electron chi connectivity index (χ4n) is 0.391. The Hall–Kier alpha value is -0.570. The van der Waals surface area contributed by atoms with Gasteiger partial charge in [-0.3, -0.25) is 4.79 Å². The number of hydrogen-bond acceptors (Lipinski definition) is 2. The molecule has 3 heteroatoms. The quantitative estimate of drug-likeness (QED) is 0.601. The van der Waals surface area contributed by atoms with E-state index in [1.807, 2.05) is 13.8 Å². The maximum absolute atomic E-state index is 10.0. The van der Waals surface area contributed by atoms with Crippen molar-refractivity contribution in [2.75, 3.05) is 13.7 Å². The van der Waals surface area contributed by atoms with Gasteiger partial charge in [0.05, 0.1) is 0 Å². The fraction of sp³-hybridized carbons (Fsp3) is 0.857. The smallest absolute Gasteiger partial charge is 0.217 e. The van der Waals surface area contributed by atoms with Crippen molar-refractivity contribution in [2.45, 2.75) is 26.7 Å². The lowest BCUT2D eigenvalue weighted by Gasteiger charge is -1.92. The summed E-state index contributed by atoms with van der Waals surface area (Å²) in [5, 5.41) is 0. The van der Waals surface area contributed by atoms with Crippen LogP contribution in [0.25, 0.3) is 0 Å². The first-order chi connectivity index (χ1) is 4.77. The van der Waals surface area contributed by atoms with Gasteiger partial charge in [-0.1, -0.05) is 13.8 Å². The summed E-state index contributed by atoms with van der Waals surface area (Å²) in [6.45, 7) is 4.61. The van der Waals surface area contributed by atoms with E-state index >= 15 is 0 Å². The van der Waals surface area contributed by atoms with Crippen LogP contribution in [0.2, 0.25) is 0 Å². The fourth-order valence-corrected chi connectivity index (χ4v) is 0.391. The summed E-state index contributed by atoms with van der Waals surface area (Å²) in [5.74, 6) is -0.262. The van der Waals surface area contributed by atoms with Gasteiger partial charge in [-0.05, 0) is 6.42 Å². The maximum Gasteiger partial charge on any atom is 0.217 e. The van der Waals surface area contributed by atoms with E-state index in [0.29, 0.717) is 13.0 Å². The van der Waals surface area contributed by atoms with Crippen LogP contribution in [-0.2, 0) is 9.53 Å². The third kappa shape index (κ3) is 15.7. The van der Waals surface area contributed by atoms with Crippen LogP contribution in [0.1, 0.15) is 26.7 Å². The summed E-state index contributed by atoms with van der Waals surface area (Å²) in [6, 6.07) is 0. The van der Waals surface area contributed by atoms with Gasteiger partial charge in [0.15, 0.2) is 0 Å². The number of methoxy groups -OCH3 is 1. The molecule has 0 heterocycles. The summed E-state index contributed by atoms with van der Waals surface area (Å²) in [7, 11) is 1.60. The minimum atomic E-state index is -0.262. The van der Waals surface area contributed by atoms with Crippen LogP contribution < -0.4 is 5.73 Å². The molecule has 0 aliphatic carbocycles. The number of carbonyl (C=O) groups is 1. The summed E-state index contributed by atoms with van der Waals surface area (Å²) >= 11 is 0. The molecular formula is C7H17NO2. The van der Waals surface area contributed by atoms with Gasteiger partial charge < -0.3 is 10.5 Å². The predicted molar refractivity (Wildman–Crippen MR) is 41.7 cm³/mol. The minimum Gasteiger partial charge on any atom is -0.385 e. The summed E-state index contributed by atoms with van der Waals surface area (Å²) in [5.41, 5.74) is 4.84. The Morgan fingerprint density at radius 1 is 1.50 bits per heavy atom. The third-order valence-electron chi connectivity index (χ3n) is 0.772. The van der Waals surface area contributed by atoms with Crippen molar-refractivity contribution in [1.29, 1.82) is 0 Å². The topological polar surface area (TPSA) is 52.3 Å². The molecule has 0 spiro atoms. The second-order valence-electron chi connectivity index (χ2n) is 1.56. The van der Waals surface area contributed by atoms with Gasteiger partial charge in [-0.2, -0.15) is 0 Å². The van der Waals surface area contributed by atoms with E-state index in [1.54, 1.807) is 7.11 Å². The minimum absolute atomic E-state index is 0.262. The van der Waals surface area contributed by atoms with Gasteiger partial charge >= 0.3 is 0 Å². The van der Waals surface area contributed by atoms with Crippen molar-refractivity contribution < 1.29 is 9.53 Å². The van der Waals surface area contributed by atoms with Crippen molar-refractivity contribution in [3.8, 4) is 0 Å². The van der Waals surface area contributed by atoms with E-state index in [0.717, 1.165) is 6.42 Å². The van der Waals surface area contributed by atoms with E-state index in [4.69, 9.17) is 5.73 Å². The van der Waals surface area contributed by atoms with E-state index in [9.17, 15) is 4.79 Å².